The maximum atomic E-state index is 5.44. The molecular formula is C25H27NO2. The molecule has 0 N–H and O–H groups in total. The van der Waals surface area contributed by atoms with Crippen LogP contribution < -0.4 is 14.4 Å². The molecule has 0 amide bonds. The predicted octanol–water partition coefficient (Wildman–Crippen LogP) is 5.31. The van der Waals surface area contributed by atoms with E-state index >= 15 is 0 Å². The van der Waals surface area contributed by atoms with Gasteiger partial charge in [0.05, 0.1) is 14.2 Å². The SMILES string of the molecule is COc1ccc(N2CCC(c3ccccc3)C2Cc2cccc(OC)c2)cc1. The second-order valence-corrected chi connectivity index (χ2v) is 7.32. The van der Waals surface area contributed by atoms with Gasteiger partial charge in [0.15, 0.2) is 0 Å². The Bertz CT molecular complexity index is 892. The Kier molecular flexibility index (Phi) is 5.52. The number of hydrogen-bond acceptors (Lipinski definition) is 3. The highest BCUT2D eigenvalue weighted by Crippen LogP contribution is 2.38. The molecule has 144 valence electrons. The molecule has 2 atom stereocenters. The van der Waals surface area contributed by atoms with Crippen LogP contribution in [0.25, 0.3) is 0 Å². The highest BCUT2D eigenvalue weighted by atomic mass is 16.5. The van der Waals surface area contributed by atoms with E-state index in [-0.39, 0.29) is 0 Å². The Morgan fingerprint density at radius 2 is 1.57 bits per heavy atom. The molecular weight excluding hydrogens is 346 g/mol. The van der Waals surface area contributed by atoms with Gasteiger partial charge in [-0.3, -0.25) is 0 Å². The number of ether oxygens (including phenoxy) is 2. The summed E-state index contributed by atoms with van der Waals surface area (Å²) in [5.41, 5.74) is 3.99. The number of hydrogen-bond donors (Lipinski definition) is 0. The van der Waals surface area contributed by atoms with Crippen molar-refractivity contribution in [3.8, 4) is 11.5 Å². The van der Waals surface area contributed by atoms with Crippen LogP contribution in [0.4, 0.5) is 5.69 Å². The lowest BCUT2D eigenvalue weighted by molar-refractivity contribution is 0.414. The molecule has 0 spiro atoms. The van der Waals surface area contributed by atoms with Crippen LogP contribution in [-0.4, -0.2) is 26.8 Å². The highest BCUT2D eigenvalue weighted by molar-refractivity contribution is 5.53. The van der Waals surface area contributed by atoms with Crippen LogP contribution in [0.1, 0.15) is 23.5 Å². The third-order valence-electron chi connectivity index (χ3n) is 5.76. The van der Waals surface area contributed by atoms with Gasteiger partial charge in [-0.25, -0.2) is 0 Å². The van der Waals surface area contributed by atoms with E-state index in [4.69, 9.17) is 9.47 Å². The lowest BCUT2D eigenvalue weighted by atomic mass is 9.88. The molecule has 3 nitrogen and oxygen atoms in total. The molecule has 0 bridgehead atoms. The van der Waals surface area contributed by atoms with Crippen molar-refractivity contribution >= 4 is 5.69 Å². The third kappa shape index (κ3) is 3.84. The summed E-state index contributed by atoms with van der Waals surface area (Å²) in [6, 6.07) is 28.2. The monoisotopic (exact) mass is 373 g/mol. The van der Waals surface area contributed by atoms with Crippen LogP contribution in [-0.2, 0) is 6.42 Å². The summed E-state index contributed by atoms with van der Waals surface area (Å²) in [5.74, 6) is 2.32. The minimum atomic E-state index is 0.405. The molecule has 1 aliphatic heterocycles. The maximum absolute atomic E-state index is 5.44. The number of nitrogens with zero attached hydrogens (tertiary/aromatic N) is 1. The third-order valence-corrected chi connectivity index (χ3v) is 5.76. The fourth-order valence-electron chi connectivity index (χ4n) is 4.33. The van der Waals surface area contributed by atoms with Crippen LogP contribution in [0, 0.1) is 0 Å². The first kappa shape index (κ1) is 18.4. The Morgan fingerprint density at radius 1 is 0.821 bits per heavy atom. The molecule has 2 unspecified atom stereocenters. The van der Waals surface area contributed by atoms with Crippen molar-refractivity contribution in [3.63, 3.8) is 0 Å². The first-order valence-electron chi connectivity index (χ1n) is 9.87. The highest BCUT2D eigenvalue weighted by Gasteiger charge is 2.35. The topological polar surface area (TPSA) is 21.7 Å². The van der Waals surface area contributed by atoms with Gasteiger partial charge in [-0.05, 0) is 60.4 Å². The molecule has 3 aromatic rings. The molecule has 0 aliphatic carbocycles. The summed E-state index contributed by atoms with van der Waals surface area (Å²) in [6.45, 7) is 1.06. The summed E-state index contributed by atoms with van der Waals surface area (Å²) < 4.78 is 10.8. The van der Waals surface area contributed by atoms with E-state index < -0.39 is 0 Å². The van der Waals surface area contributed by atoms with Gasteiger partial charge < -0.3 is 14.4 Å². The molecule has 0 aromatic heterocycles. The van der Waals surface area contributed by atoms with Crippen molar-refractivity contribution in [1.29, 1.82) is 0 Å². The summed E-state index contributed by atoms with van der Waals surface area (Å²) in [6.07, 6.45) is 2.15. The van der Waals surface area contributed by atoms with Gasteiger partial charge in [0.1, 0.15) is 11.5 Å². The zero-order valence-electron chi connectivity index (χ0n) is 16.5. The molecule has 1 heterocycles. The maximum Gasteiger partial charge on any atom is 0.119 e. The molecule has 1 fully saturated rings. The van der Waals surface area contributed by atoms with Crippen molar-refractivity contribution in [2.75, 3.05) is 25.7 Å². The smallest absolute Gasteiger partial charge is 0.119 e. The average Bonchev–Trinajstić information content (AvgIpc) is 3.18. The van der Waals surface area contributed by atoms with Gasteiger partial charge in [0.25, 0.3) is 0 Å². The molecule has 1 aliphatic rings. The summed E-state index contributed by atoms with van der Waals surface area (Å²) in [4.78, 5) is 2.55. The van der Waals surface area contributed by atoms with Crippen LogP contribution in [0.5, 0.6) is 11.5 Å². The summed E-state index contributed by atoms with van der Waals surface area (Å²) >= 11 is 0. The minimum absolute atomic E-state index is 0.405. The van der Waals surface area contributed by atoms with Gasteiger partial charge in [-0.1, -0.05) is 42.5 Å². The van der Waals surface area contributed by atoms with E-state index in [0.717, 1.165) is 30.9 Å². The first-order valence-corrected chi connectivity index (χ1v) is 9.87. The molecule has 0 radical (unpaired) electrons. The molecule has 1 saturated heterocycles. The predicted molar refractivity (Wildman–Crippen MR) is 115 cm³/mol. The lowest BCUT2D eigenvalue weighted by Gasteiger charge is -2.31. The summed E-state index contributed by atoms with van der Waals surface area (Å²) in [5, 5.41) is 0. The molecule has 3 aromatic carbocycles. The number of benzene rings is 3. The first-order chi connectivity index (χ1) is 13.8. The zero-order chi connectivity index (χ0) is 19.3. The Morgan fingerprint density at radius 3 is 2.29 bits per heavy atom. The minimum Gasteiger partial charge on any atom is -0.497 e. The van der Waals surface area contributed by atoms with Crippen molar-refractivity contribution in [1.82, 2.24) is 0 Å². The van der Waals surface area contributed by atoms with Crippen LogP contribution in [0.15, 0.2) is 78.9 Å². The zero-order valence-corrected chi connectivity index (χ0v) is 16.5. The van der Waals surface area contributed by atoms with Crippen LogP contribution in [0.3, 0.4) is 0 Å². The lowest BCUT2D eigenvalue weighted by Crippen LogP contribution is -2.34. The number of rotatable bonds is 6. The fraction of sp³-hybridized carbons (Fsp3) is 0.280. The molecule has 0 saturated carbocycles. The van der Waals surface area contributed by atoms with Gasteiger partial charge in [-0.2, -0.15) is 0 Å². The number of methoxy groups -OCH3 is 2. The van der Waals surface area contributed by atoms with Crippen molar-refractivity contribution in [2.45, 2.75) is 24.8 Å². The van der Waals surface area contributed by atoms with Crippen LogP contribution >= 0.6 is 0 Å². The summed E-state index contributed by atoms with van der Waals surface area (Å²) in [7, 11) is 3.44. The van der Waals surface area contributed by atoms with Crippen molar-refractivity contribution in [3.05, 3.63) is 90.0 Å². The van der Waals surface area contributed by atoms with E-state index in [0.29, 0.717) is 12.0 Å². The van der Waals surface area contributed by atoms with Gasteiger partial charge in [-0.15, -0.1) is 0 Å². The quantitative estimate of drug-likeness (QED) is 0.584. The Hall–Kier alpha value is -2.94. The van der Waals surface area contributed by atoms with Gasteiger partial charge in [0.2, 0.25) is 0 Å². The standard InChI is InChI=1S/C25H27NO2/c1-27-22-13-11-21(12-14-22)26-16-15-24(20-8-4-3-5-9-20)25(26)18-19-7-6-10-23(17-19)28-2/h3-14,17,24-25H,15-16,18H2,1-2H3. The van der Waals surface area contributed by atoms with Crippen LogP contribution in [0.2, 0.25) is 0 Å². The molecule has 4 rings (SSSR count). The molecule has 28 heavy (non-hydrogen) atoms. The van der Waals surface area contributed by atoms with Gasteiger partial charge in [0, 0.05) is 24.2 Å². The average molecular weight is 373 g/mol. The fourth-order valence-corrected chi connectivity index (χ4v) is 4.33. The second kappa shape index (κ2) is 8.39. The normalized spacial score (nSPS) is 18.9. The number of anilines is 1. The Labute approximate surface area is 167 Å². The van der Waals surface area contributed by atoms with Crippen molar-refractivity contribution < 1.29 is 9.47 Å². The van der Waals surface area contributed by atoms with Gasteiger partial charge >= 0.3 is 0 Å². The largest absolute Gasteiger partial charge is 0.497 e. The molecule has 3 heteroatoms. The van der Waals surface area contributed by atoms with E-state index in [2.05, 4.69) is 65.6 Å². The van der Waals surface area contributed by atoms with E-state index in [9.17, 15) is 0 Å². The van der Waals surface area contributed by atoms with E-state index in [1.807, 2.05) is 18.2 Å². The Balaban J connectivity index is 1.66. The van der Waals surface area contributed by atoms with Crippen molar-refractivity contribution in [2.24, 2.45) is 0 Å². The van der Waals surface area contributed by atoms with E-state index in [1.54, 1.807) is 14.2 Å². The van der Waals surface area contributed by atoms with E-state index in [1.165, 1.54) is 16.8 Å². The second-order valence-electron chi connectivity index (χ2n) is 7.32.